The molecule has 0 spiro atoms. The Bertz CT molecular complexity index is 674. The van der Waals surface area contributed by atoms with E-state index in [-0.39, 0.29) is 29.5 Å². The number of morpholine rings is 1. The van der Waals surface area contributed by atoms with Gasteiger partial charge in [-0.15, -0.1) is 24.0 Å². The van der Waals surface area contributed by atoms with E-state index in [1.54, 1.807) is 14.2 Å². The van der Waals surface area contributed by atoms with Crippen LogP contribution in [-0.4, -0.2) is 70.5 Å². The zero-order valence-electron chi connectivity index (χ0n) is 18.5. The minimum atomic E-state index is 0. The van der Waals surface area contributed by atoms with Crippen molar-refractivity contribution in [3.63, 3.8) is 0 Å². The van der Waals surface area contributed by atoms with Crippen molar-refractivity contribution in [2.24, 2.45) is 4.99 Å². The fraction of sp³-hybridized carbons (Fsp3) is 0.682. The number of nitrogens with zero attached hydrogens (tertiary/aromatic N) is 2. The van der Waals surface area contributed by atoms with Crippen molar-refractivity contribution in [3.05, 3.63) is 23.8 Å². The third kappa shape index (κ3) is 6.37. The molecule has 2 N–H and O–H groups in total. The van der Waals surface area contributed by atoms with Crippen molar-refractivity contribution in [1.29, 1.82) is 0 Å². The molecule has 170 valence electrons. The number of hydrogen-bond acceptors (Lipinski definition) is 5. The molecule has 0 bridgehead atoms. The maximum Gasteiger partial charge on any atom is 0.191 e. The average Bonchev–Trinajstić information content (AvgIpc) is 2.80. The number of methoxy groups -OCH3 is 2. The standard InChI is InChI=1S/C22H36N4O3.HI/c1-23-21(24-16-18-7-8-19(27-2)15-20(18)28-3)25-17-22(9-5-4-6-10-22)26-11-13-29-14-12-26;/h7-8,15H,4-6,9-14,16-17H2,1-3H3,(H2,23,24,25);1H. The highest BCUT2D eigenvalue weighted by atomic mass is 127. The Morgan fingerprint density at radius 3 is 2.47 bits per heavy atom. The molecule has 0 radical (unpaired) electrons. The zero-order valence-corrected chi connectivity index (χ0v) is 20.9. The fourth-order valence-electron chi connectivity index (χ4n) is 4.50. The number of rotatable bonds is 7. The number of halogens is 1. The molecule has 0 atom stereocenters. The lowest BCUT2D eigenvalue weighted by Gasteiger charge is -2.48. The highest BCUT2D eigenvalue weighted by molar-refractivity contribution is 14.0. The Morgan fingerprint density at radius 2 is 1.83 bits per heavy atom. The van der Waals surface area contributed by atoms with Gasteiger partial charge in [0.1, 0.15) is 11.5 Å². The lowest BCUT2D eigenvalue weighted by molar-refractivity contribution is -0.0352. The molecule has 0 amide bonds. The molecule has 2 fully saturated rings. The first-order valence-electron chi connectivity index (χ1n) is 10.7. The summed E-state index contributed by atoms with van der Waals surface area (Å²) in [5.74, 6) is 2.42. The Hall–Kier alpha value is -1.26. The number of benzene rings is 1. The second-order valence-corrected chi connectivity index (χ2v) is 7.84. The van der Waals surface area contributed by atoms with E-state index in [0.29, 0.717) is 6.54 Å². The van der Waals surface area contributed by atoms with Crippen molar-refractivity contribution in [1.82, 2.24) is 15.5 Å². The molecule has 8 heteroatoms. The Labute approximate surface area is 197 Å². The van der Waals surface area contributed by atoms with Crippen molar-refractivity contribution in [3.8, 4) is 11.5 Å². The van der Waals surface area contributed by atoms with E-state index in [2.05, 4.69) is 20.5 Å². The van der Waals surface area contributed by atoms with E-state index in [0.717, 1.165) is 55.9 Å². The van der Waals surface area contributed by atoms with Crippen LogP contribution in [0, 0.1) is 0 Å². The van der Waals surface area contributed by atoms with E-state index in [4.69, 9.17) is 14.2 Å². The van der Waals surface area contributed by atoms with Crippen LogP contribution in [0.2, 0.25) is 0 Å². The Balaban J connectivity index is 0.00000320. The van der Waals surface area contributed by atoms with Crippen LogP contribution < -0.4 is 20.1 Å². The lowest BCUT2D eigenvalue weighted by atomic mass is 9.80. The van der Waals surface area contributed by atoms with Crippen LogP contribution in [0.5, 0.6) is 11.5 Å². The molecule has 2 aliphatic rings. The highest BCUT2D eigenvalue weighted by Gasteiger charge is 2.38. The fourth-order valence-corrected chi connectivity index (χ4v) is 4.50. The monoisotopic (exact) mass is 532 g/mol. The third-order valence-corrected chi connectivity index (χ3v) is 6.22. The predicted octanol–water partition coefficient (Wildman–Crippen LogP) is 3.02. The first kappa shape index (κ1) is 25.0. The van der Waals surface area contributed by atoms with Crippen molar-refractivity contribution in [2.45, 2.75) is 44.2 Å². The SMILES string of the molecule is CN=C(NCc1ccc(OC)cc1OC)NCC1(N2CCOCC2)CCCCC1.I. The first-order valence-corrected chi connectivity index (χ1v) is 10.7. The topological polar surface area (TPSA) is 67.4 Å². The molecular weight excluding hydrogens is 495 g/mol. The molecule has 1 aromatic carbocycles. The van der Waals surface area contributed by atoms with Gasteiger partial charge in [0.15, 0.2) is 5.96 Å². The molecule has 3 rings (SSSR count). The quantitative estimate of drug-likeness (QED) is 0.320. The highest BCUT2D eigenvalue weighted by Crippen LogP contribution is 2.34. The molecule has 1 saturated heterocycles. The second kappa shape index (κ2) is 12.6. The Morgan fingerprint density at radius 1 is 1.10 bits per heavy atom. The summed E-state index contributed by atoms with van der Waals surface area (Å²) in [6.45, 7) is 5.27. The molecular formula is C22H37IN4O3. The molecule has 1 aliphatic carbocycles. The van der Waals surface area contributed by atoms with Crippen molar-refractivity contribution in [2.75, 3.05) is 54.1 Å². The Kier molecular flexibility index (Phi) is 10.5. The normalized spacial score (nSPS) is 19.5. The van der Waals surface area contributed by atoms with Gasteiger partial charge in [-0.25, -0.2) is 0 Å². The number of nitrogens with one attached hydrogen (secondary N) is 2. The maximum atomic E-state index is 5.59. The molecule has 1 heterocycles. The van der Waals surface area contributed by atoms with Gasteiger partial charge < -0.3 is 24.8 Å². The minimum absolute atomic E-state index is 0. The van der Waals surface area contributed by atoms with E-state index in [1.807, 2.05) is 25.2 Å². The first-order chi connectivity index (χ1) is 14.2. The average molecular weight is 532 g/mol. The lowest BCUT2D eigenvalue weighted by Crippen LogP contribution is -2.60. The summed E-state index contributed by atoms with van der Waals surface area (Å²) in [6, 6.07) is 5.88. The van der Waals surface area contributed by atoms with Gasteiger partial charge in [-0.1, -0.05) is 19.3 Å². The van der Waals surface area contributed by atoms with Gasteiger partial charge in [0.25, 0.3) is 0 Å². The summed E-state index contributed by atoms with van der Waals surface area (Å²) < 4.78 is 16.4. The van der Waals surface area contributed by atoms with Crippen LogP contribution >= 0.6 is 24.0 Å². The van der Waals surface area contributed by atoms with E-state index < -0.39 is 0 Å². The number of guanidine groups is 1. The summed E-state index contributed by atoms with van der Waals surface area (Å²) in [5, 5.41) is 7.03. The molecule has 0 aromatic heterocycles. The minimum Gasteiger partial charge on any atom is -0.497 e. The largest absolute Gasteiger partial charge is 0.497 e. The molecule has 1 aromatic rings. The van der Waals surface area contributed by atoms with Gasteiger partial charge in [-0.2, -0.15) is 0 Å². The van der Waals surface area contributed by atoms with Gasteiger partial charge in [-0.05, 0) is 25.0 Å². The van der Waals surface area contributed by atoms with Crippen LogP contribution in [0.4, 0.5) is 0 Å². The summed E-state index contributed by atoms with van der Waals surface area (Å²) in [6.07, 6.45) is 6.42. The van der Waals surface area contributed by atoms with E-state index in [1.165, 1.54) is 32.1 Å². The second-order valence-electron chi connectivity index (χ2n) is 7.84. The van der Waals surface area contributed by atoms with Gasteiger partial charge in [-0.3, -0.25) is 9.89 Å². The maximum absolute atomic E-state index is 5.59. The summed E-state index contributed by atoms with van der Waals surface area (Å²) >= 11 is 0. The predicted molar refractivity (Wildman–Crippen MR) is 131 cm³/mol. The van der Waals surface area contributed by atoms with Crippen LogP contribution in [-0.2, 0) is 11.3 Å². The van der Waals surface area contributed by atoms with Crippen LogP contribution in [0.3, 0.4) is 0 Å². The molecule has 0 unspecified atom stereocenters. The van der Waals surface area contributed by atoms with Crippen molar-refractivity contribution >= 4 is 29.9 Å². The summed E-state index contributed by atoms with van der Waals surface area (Å²) in [4.78, 5) is 7.08. The molecule has 7 nitrogen and oxygen atoms in total. The smallest absolute Gasteiger partial charge is 0.191 e. The molecule has 30 heavy (non-hydrogen) atoms. The number of hydrogen-bond donors (Lipinski definition) is 2. The van der Waals surface area contributed by atoms with Gasteiger partial charge in [0.2, 0.25) is 0 Å². The van der Waals surface area contributed by atoms with Crippen LogP contribution in [0.15, 0.2) is 23.2 Å². The van der Waals surface area contributed by atoms with Crippen LogP contribution in [0.1, 0.15) is 37.7 Å². The van der Waals surface area contributed by atoms with Gasteiger partial charge >= 0.3 is 0 Å². The summed E-state index contributed by atoms with van der Waals surface area (Å²) in [5.41, 5.74) is 1.27. The number of ether oxygens (including phenoxy) is 3. The van der Waals surface area contributed by atoms with E-state index in [9.17, 15) is 0 Å². The van der Waals surface area contributed by atoms with Crippen molar-refractivity contribution < 1.29 is 14.2 Å². The van der Waals surface area contributed by atoms with E-state index >= 15 is 0 Å². The third-order valence-electron chi connectivity index (χ3n) is 6.22. The molecule has 1 aliphatic heterocycles. The van der Waals surface area contributed by atoms with Crippen LogP contribution in [0.25, 0.3) is 0 Å². The zero-order chi connectivity index (χ0) is 20.5. The molecule has 1 saturated carbocycles. The van der Waals surface area contributed by atoms with Gasteiger partial charge in [0, 0.05) is 50.4 Å². The number of aliphatic imine (C=N–C) groups is 1. The van der Waals surface area contributed by atoms with Gasteiger partial charge in [0.05, 0.1) is 27.4 Å². The summed E-state index contributed by atoms with van der Waals surface area (Å²) in [7, 11) is 5.16.